The van der Waals surface area contributed by atoms with Crippen molar-refractivity contribution in [1.82, 2.24) is 0 Å². The van der Waals surface area contributed by atoms with E-state index in [0.29, 0.717) is 10.4 Å². The van der Waals surface area contributed by atoms with E-state index < -0.39 is 5.82 Å². The Morgan fingerprint density at radius 3 is 2.47 bits per heavy atom. The van der Waals surface area contributed by atoms with E-state index >= 15 is 0 Å². The summed E-state index contributed by atoms with van der Waals surface area (Å²) in [4.78, 5) is 0. The lowest BCUT2D eigenvalue weighted by atomic mass is 10.2. The molecule has 86 valence electrons. The predicted octanol–water partition coefficient (Wildman–Crippen LogP) is 2.79. The number of halogens is 1. The Bertz CT molecular complexity index is 553. The van der Waals surface area contributed by atoms with Gasteiger partial charge in [-0.2, -0.15) is 4.74 Å². The zero-order valence-corrected chi connectivity index (χ0v) is 8.88. The molecule has 0 fully saturated rings. The van der Waals surface area contributed by atoms with Crippen LogP contribution in [0, 0.1) is 11.0 Å². The summed E-state index contributed by atoms with van der Waals surface area (Å²) in [5.74, 6) is -0.807. The minimum atomic E-state index is -0.637. The number of rotatable bonds is 2. The Hall–Kier alpha value is -2.36. The maximum Gasteiger partial charge on any atom is 0.216 e. The summed E-state index contributed by atoms with van der Waals surface area (Å²) in [5.41, 5.74) is 0.543. The highest BCUT2D eigenvalue weighted by Crippen LogP contribution is 2.15. The molecule has 0 spiro atoms. The quantitative estimate of drug-likeness (QED) is 0.374. The molecule has 0 amide bonds. The van der Waals surface area contributed by atoms with Crippen LogP contribution in [0.15, 0.2) is 48.5 Å². The number of para-hydroxylation sites is 1. The van der Waals surface area contributed by atoms with Crippen LogP contribution in [0.1, 0.15) is 5.56 Å². The van der Waals surface area contributed by atoms with Crippen molar-refractivity contribution in [2.45, 2.75) is 0 Å². The Morgan fingerprint density at radius 2 is 1.82 bits per heavy atom. The van der Waals surface area contributed by atoms with Gasteiger partial charge in [0, 0.05) is 18.2 Å². The van der Waals surface area contributed by atoms with Gasteiger partial charge in [0.15, 0.2) is 6.21 Å². The molecule has 0 radical (unpaired) electrons. The van der Waals surface area contributed by atoms with Crippen molar-refractivity contribution < 1.29 is 14.2 Å². The molecule has 0 aromatic heterocycles. The van der Waals surface area contributed by atoms with E-state index in [0.717, 1.165) is 12.3 Å². The molecule has 17 heavy (non-hydrogen) atoms. The fourth-order valence-corrected chi connectivity index (χ4v) is 1.40. The summed E-state index contributed by atoms with van der Waals surface area (Å²) in [5, 5.41) is 20.7. The predicted molar refractivity (Wildman–Crippen MR) is 63.0 cm³/mol. The Morgan fingerprint density at radius 1 is 1.12 bits per heavy atom. The minimum Gasteiger partial charge on any atom is -0.618 e. The maximum absolute atomic E-state index is 13.4. The molecule has 0 heterocycles. The summed E-state index contributed by atoms with van der Waals surface area (Å²) in [6.45, 7) is 0. The van der Waals surface area contributed by atoms with Crippen molar-refractivity contribution in [3.63, 3.8) is 0 Å². The molecule has 0 atom stereocenters. The molecule has 4 heteroatoms. The third kappa shape index (κ3) is 2.60. The van der Waals surface area contributed by atoms with E-state index in [1.807, 2.05) is 0 Å². The second-order valence-corrected chi connectivity index (χ2v) is 3.50. The second kappa shape index (κ2) is 4.65. The fourth-order valence-electron chi connectivity index (χ4n) is 1.40. The van der Waals surface area contributed by atoms with Crippen LogP contribution in [0.2, 0.25) is 0 Å². The summed E-state index contributed by atoms with van der Waals surface area (Å²) < 4.78 is 13.9. The summed E-state index contributed by atoms with van der Waals surface area (Å²) >= 11 is 0. The van der Waals surface area contributed by atoms with Gasteiger partial charge in [0.25, 0.3) is 0 Å². The van der Waals surface area contributed by atoms with Gasteiger partial charge in [-0.05, 0) is 12.1 Å². The van der Waals surface area contributed by atoms with Crippen molar-refractivity contribution >= 4 is 11.9 Å². The van der Waals surface area contributed by atoms with Crippen LogP contribution in [0.4, 0.5) is 10.1 Å². The molecule has 0 bridgehead atoms. The van der Waals surface area contributed by atoms with Gasteiger partial charge in [-0.15, -0.1) is 0 Å². The van der Waals surface area contributed by atoms with Crippen LogP contribution >= 0.6 is 0 Å². The fraction of sp³-hybridized carbons (Fsp3) is 0. The van der Waals surface area contributed by atoms with Crippen LogP contribution in [0.5, 0.6) is 5.75 Å². The summed E-state index contributed by atoms with van der Waals surface area (Å²) in [7, 11) is 0. The van der Waals surface area contributed by atoms with Crippen LogP contribution in [0.3, 0.4) is 0 Å². The number of phenolic OH excluding ortho intramolecular Hbond substituents is 1. The number of hydrogen-bond donors (Lipinski definition) is 1. The Kier molecular flexibility index (Phi) is 3.05. The van der Waals surface area contributed by atoms with Gasteiger partial charge >= 0.3 is 0 Å². The number of phenols is 1. The molecule has 0 aliphatic carbocycles. The zero-order chi connectivity index (χ0) is 12.3. The summed E-state index contributed by atoms with van der Waals surface area (Å²) in [6.07, 6.45) is 1.13. The average molecular weight is 231 g/mol. The highest BCUT2D eigenvalue weighted by molar-refractivity contribution is 5.77. The molecule has 2 aromatic carbocycles. The number of benzene rings is 2. The lowest BCUT2D eigenvalue weighted by molar-refractivity contribution is -0.354. The minimum absolute atomic E-state index is 0.127. The smallest absolute Gasteiger partial charge is 0.216 e. The average Bonchev–Trinajstić information content (AvgIpc) is 2.34. The van der Waals surface area contributed by atoms with E-state index in [1.165, 1.54) is 12.1 Å². The molecule has 0 saturated heterocycles. The van der Waals surface area contributed by atoms with Crippen LogP contribution in [-0.2, 0) is 0 Å². The van der Waals surface area contributed by atoms with E-state index in [-0.39, 0.29) is 11.3 Å². The van der Waals surface area contributed by atoms with Gasteiger partial charge < -0.3 is 10.3 Å². The van der Waals surface area contributed by atoms with E-state index in [9.17, 15) is 9.60 Å². The van der Waals surface area contributed by atoms with Gasteiger partial charge in [-0.25, -0.2) is 4.39 Å². The summed E-state index contributed by atoms with van der Waals surface area (Å²) in [6, 6.07) is 12.1. The number of nitrogens with zero attached hydrogens (tertiary/aromatic N) is 1. The molecule has 0 unspecified atom stereocenters. The lowest BCUT2D eigenvalue weighted by Gasteiger charge is -2.03. The number of aromatic hydroxyl groups is 1. The first kappa shape index (κ1) is 11.1. The van der Waals surface area contributed by atoms with Gasteiger partial charge in [0.1, 0.15) is 11.6 Å². The van der Waals surface area contributed by atoms with E-state index in [1.54, 1.807) is 30.3 Å². The van der Waals surface area contributed by atoms with Crippen LogP contribution < -0.4 is 0 Å². The van der Waals surface area contributed by atoms with Gasteiger partial charge in [-0.3, -0.25) is 0 Å². The number of hydrogen-bond acceptors (Lipinski definition) is 2. The van der Waals surface area contributed by atoms with Gasteiger partial charge in [0.05, 0.1) is 5.56 Å². The van der Waals surface area contributed by atoms with Gasteiger partial charge in [0.2, 0.25) is 5.69 Å². The first-order valence-electron chi connectivity index (χ1n) is 5.01. The third-order valence-corrected chi connectivity index (χ3v) is 2.25. The molecule has 2 aromatic rings. The normalized spacial score (nSPS) is 11.5. The molecule has 0 aliphatic heterocycles. The van der Waals surface area contributed by atoms with Crippen LogP contribution in [-0.4, -0.2) is 16.1 Å². The SMILES string of the molecule is [O-][N+](=Cc1ccc(O)cc1F)c1ccccc1. The van der Waals surface area contributed by atoms with Crippen molar-refractivity contribution in [1.29, 1.82) is 0 Å². The maximum atomic E-state index is 13.4. The topological polar surface area (TPSA) is 46.3 Å². The Balaban J connectivity index is 2.36. The highest BCUT2D eigenvalue weighted by Gasteiger charge is 2.06. The first-order chi connectivity index (χ1) is 8.16. The molecule has 0 aliphatic rings. The third-order valence-electron chi connectivity index (χ3n) is 2.25. The largest absolute Gasteiger partial charge is 0.618 e. The van der Waals surface area contributed by atoms with Gasteiger partial charge in [-0.1, -0.05) is 18.2 Å². The molecular formula is C13H10FNO2. The van der Waals surface area contributed by atoms with Crippen LogP contribution in [0.25, 0.3) is 0 Å². The molecule has 3 nitrogen and oxygen atoms in total. The second-order valence-electron chi connectivity index (χ2n) is 3.50. The first-order valence-corrected chi connectivity index (χ1v) is 5.01. The molecule has 0 saturated carbocycles. The van der Waals surface area contributed by atoms with E-state index in [4.69, 9.17) is 5.11 Å². The van der Waals surface area contributed by atoms with Crippen molar-refractivity contribution in [2.24, 2.45) is 0 Å². The van der Waals surface area contributed by atoms with Crippen molar-refractivity contribution in [2.75, 3.05) is 0 Å². The Labute approximate surface area is 97.7 Å². The molecule has 1 N–H and O–H groups in total. The molecular weight excluding hydrogens is 221 g/mol. The monoisotopic (exact) mass is 231 g/mol. The van der Waals surface area contributed by atoms with E-state index in [2.05, 4.69) is 0 Å². The zero-order valence-electron chi connectivity index (χ0n) is 8.88. The highest BCUT2D eigenvalue weighted by atomic mass is 19.1. The molecule has 2 rings (SSSR count). The van der Waals surface area contributed by atoms with Crippen molar-refractivity contribution in [3.05, 3.63) is 65.1 Å². The lowest BCUT2D eigenvalue weighted by Crippen LogP contribution is -2.00. The standard InChI is InChI=1S/C13H10FNO2/c14-13-8-12(16)7-6-10(13)9-15(17)11-4-2-1-3-5-11/h1-9,16H. The van der Waals surface area contributed by atoms with Crippen molar-refractivity contribution in [3.8, 4) is 5.75 Å².